The number of H-pyrrole nitrogens is 1. The summed E-state index contributed by atoms with van der Waals surface area (Å²) in [5.41, 5.74) is 4.95. The van der Waals surface area contributed by atoms with Gasteiger partial charge in [0.05, 0.1) is 5.56 Å². The van der Waals surface area contributed by atoms with Crippen LogP contribution in [0.4, 0.5) is 13.2 Å². The summed E-state index contributed by atoms with van der Waals surface area (Å²) in [6.45, 7) is 1.73. The van der Waals surface area contributed by atoms with Crippen LogP contribution in [0.5, 0.6) is 0 Å². The fourth-order valence-electron chi connectivity index (χ4n) is 2.14. The number of nitrogens with one attached hydrogen (secondary N) is 2. The molecule has 5 nitrogen and oxygen atoms in total. The predicted octanol–water partition coefficient (Wildman–Crippen LogP) is 2.61. The molecule has 0 aliphatic carbocycles. The Morgan fingerprint density at radius 2 is 1.83 bits per heavy atom. The number of nitrogens with two attached hydrogens (primary N) is 1. The maximum absolute atomic E-state index is 13.2. The first-order chi connectivity index (χ1) is 11.2. The van der Waals surface area contributed by atoms with Gasteiger partial charge in [0.1, 0.15) is 5.69 Å². The summed E-state index contributed by atoms with van der Waals surface area (Å²) in [6.07, 6.45) is -4.86. The monoisotopic (exact) mass is 339 g/mol. The summed E-state index contributed by atoms with van der Waals surface area (Å²) >= 11 is 0. The molecule has 24 heavy (non-hydrogen) atoms. The number of hydrogen-bond acceptors (Lipinski definition) is 2. The molecule has 0 unspecified atom stereocenters. The van der Waals surface area contributed by atoms with Crippen LogP contribution in [0.25, 0.3) is 11.3 Å². The SMILES string of the molecule is Cc1ccc(-c2cc(C(=O)NCCC(N)=O)c(C(F)(F)F)[nH]2)cc1. The first-order valence-electron chi connectivity index (χ1n) is 7.12. The van der Waals surface area contributed by atoms with Gasteiger partial charge >= 0.3 is 6.18 Å². The second-order valence-corrected chi connectivity index (χ2v) is 5.31. The van der Waals surface area contributed by atoms with Gasteiger partial charge in [-0.15, -0.1) is 0 Å². The minimum Gasteiger partial charge on any atom is -0.370 e. The van der Waals surface area contributed by atoms with Gasteiger partial charge in [0.2, 0.25) is 5.91 Å². The number of aryl methyl sites for hydroxylation is 1. The fraction of sp³-hybridized carbons (Fsp3) is 0.250. The Labute approximate surface area is 136 Å². The maximum atomic E-state index is 13.2. The Morgan fingerprint density at radius 3 is 2.38 bits per heavy atom. The second-order valence-electron chi connectivity index (χ2n) is 5.31. The third-order valence-electron chi connectivity index (χ3n) is 3.37. The van der Waals surface area contributed by atoms with E-state index in [1.165, 1.54) is 0 Å². The quantitative estimate of drug-likeness (QED) is 0.782. The Morgan fingerprint density at radius 1 is 1.21 bits per heavy atom. The Kier molecular flexibility index (Phi) is 4.96. The molecule has 0 spiro atoms. The first-order valence-corrected chi connectivity index (χ1v) is 7.12. The standard InChI is InChI=1S/C16H16F3N3O2/c1-9-2-4-10(5-3-9)12-8-11(14(22-12)16(17,18)19)15(24)21-7-6-13(20)23/h2-5,8,22H,6-7H2,1H3,(H2,20,23)(H,21,24). The van der Waals surface area contributed by atoms with Crippen LogP contribution in [-0.2, 0) is 11.0 Å². The van der Waals surface area contributed by atoms with Crippen molar-refractivity contribution < 1.29 is 22.8 Å². The van der Waals surface area contributed by atoms with E-state index < -0.39 is 29.2 Å². The van der Waals surface area contributed by atoms with Crippen molar-refractivity contribution in [1.82, 2.24) is 10.3 Å². The van der Waals surface area contributed by atoms with Crippen molar-refractivity contribution in [3.05, 3.63) is 47.2 Å². The summed E-state index contributed by atoms with van der Waals surface area (Å²) < 4.78 is 39.5. The Hall–Kier alpha value is -2.77. The van der Waals surface area contributed by atoms with Gasteiger partial charge in [-0.25, -0.2) is 0 Å². The number of aromatic amines is 1. The van der Waals surface area contributed by atoms with Gasteiger partial charge in [-0.05, 0) is 18.6 Å². The van der Waals surface area contributed by atoms with Crippen molar-refractivity contribution in [2.24, 2.45) is 5.73 Å². The van der Waals surface area contributed by atoms with E-state index in [9.17, 15) is 22.8 Å². The van der Waals surface area contributed by atoms with Crippen molar-refractivity contribution in [3.8, 4) is 11.3 Å². The van der Waals surface area contributed by atoms with Crippen LogP contribution in [0.2, 0.25) is 0 Å². The highest BCUT2D eigenvalue weighted by Gasteiger charge is 2.37. The Bertz CT molecular complexity index is 749. The fourth-order valence-corrected chi connectivity index (χ4v) is 2.14. The minimum atomic E-state index is -4.71. The maximum Gasteiger partial charge on any atom is 0.432 e. The van der Waals surface area contributed by atoms with Gasteiger partial charge in [-0.2, -0.15) is 13.2 Å². The highest BCUT2D eigenvalue weighted by atomic mass is 19.4. The molecule has 1 heterocycles. The number of halogens is 3. The molecular formula is C16H16F3N3O2. The summed E-state index contributed by atoms with van der Waals surface area (Å²) in [4.78, 5) is 24.9. The third kappa shape index (κ3) is 4.15. The molecule has 128 valence electrons. The molecule has 0 aliphatic rings. The minimum absolute atomic E-state index is 0.128. The number of amides is 2. The van der Waals surface area contributed by atoms with Gasteiger partial charge in [0.25, 0.3) is 5.91 Å². The highest BCUT2D eigenvalue weighted by Crippen LogP contribution is 2.34. The predicted molar refractivity (Wildman–Crippen MR) is 82.1 cm³/mol. The van der Waals surface area contributed by atoms with Crippen LogP contribution >= 0.6 is 0 Å². The zero-order chi connectivity index (χ0) is 17.9. The largest absolute Gasteiger partial charge is 0.432 e. The zero-order valence-corrected chi connectivity index (χ0v) is 12.8. The molecule has 0 radical (unpaired) electrons. The van der Waals surface area contributed by atoms with Crippen molar-refractivity contribution in [2.75, 3.05) is 6.54 Å². The average molecular weight is 339 g/mol. The summed E-state index contributed by atoms with van der Waals surface area (Å²) in [7, 11) is 0. The van der Waals surface area contributed by atoms with E-state index in [1.807, 2.05) is 6.92 Å². The summed E-state index contributed by atoms with van der Waals surface area (Å²) in [5, 5.41) is 2.26. The van der Waals surface area contributed by atoms with E-state index in [0.717, 1.165) is 11.6 Å². The molecule has 2 aromatic rings. The highest BCUT2D eigenvalue weighted by molar-refractivity contribution is 5.97. The Balaban J connectivity index is 2.33. The number of carbonyl (C=O) groups is 2. The normalized spacial score (nSPS) is 11.3. The smallest absolute Gasteiger partial charge is 0.370 e. The van der Waals surface area contributed by atoms with Crippen LogP contribution in [0.3, 0.4) is 0 Å². The molecule has 0 bridgehead atoms. The zero-order valence-electron chi connectivity index (χ0n) is 12.8. The van der Waals surface area contributed by atoms with E-state index in [2.05, 4.69) is 10.3 Å². The molecule has 2 amide bonds. The van der Waals surface area contributed by atoms with Gasteiger partial charge in [-0.3, -0.25) is 9.59 Å². The van der Waals surface area contributed by atoms with Gasteiger partial charge in [-0.1, -0.05) is 29.8 Å². The van der Waals surface area contributed by atoms with Crippen LogP contribution in [0, 0.1) is 6.92 Å². The van der Waals surface area contributed by atoms with E-state index in [1.54, 1.807) is 24.3 Å². The molecular weight excluding hydrogens is 323 g/mol. The molecule has 0 fully saturated rings. The lowest BCUT2D eigenvalue weighted by Crippen LogP contribution is -2.29. The van der Waals surface area contributed by atoms with Crippen molar-refractivity contribution in [2.45, 2.75) is 19.5 Å². The molecule has 0 atom stereocenters. The lowest BCUT2D eigenvalue weighted by Gasteiger charge is -2.08. The number of alkyl halides is 3. The number of carbonyl (C=O) groups excluding carboxylic acids is 2. The average Bonchev–Trinajstić information content (AvgIpc) is 2.93. The van der Waals surface area contributed by atoms with E-state index >= 15 is 0 Å². The number of aromatic nitrogens is 1. The van der Waals surface area contributed by atoms with Crippen LogP contribution < -0.4 is 11.1 Å². The molecule has 1 aromatic heterocycles. The van der Waals surface area contributed by atoms with Crippen molar-refractivity contribution >= 4 is 11.8 Å². The molecule has 1 aromatic carbocycles. The molecule has 2 rings (SSSR count). The summed E-state index contributed by atoms with van der Waals surface area (Å²) in [6, 6.07) is 7.99. The van der Waals surface area contributed by atoms with E-state index in [4.69, 9.17) is 5.73 Å². The van der Waals surface area contributed by atoms with Crippen LogP contribution in [-0.4, -0.2) is 23.3 Å². The van der Waals surface area contributed by atoms with Crippen LogP contribution in [0.1, 0.15) is 28.0 Å². The molecule has 0 saturated heterocycles. The number of primary amides is 1. The number of hydrogen-bond donors (Lipinski definition) is 3. The van der Waals surface area contributed by atoms with Crippen molar-refractivity contribution in [1.29, 1.82) is 0 Å². The van der Waals surface area contributed by atoms with E-state index in [-0.39, 0.29) is 18.7 Å². The summed E-state index contributed by atoms with van der Waals surface area (Å²) in [5.74, 6) is -1.57. The van der Waals surface area contributed by atoms with Gasteiger partial charge in [0.15, 0.2) is 0 Å². The van der Waals surface area contributed by atoms with Crippen LogP contribution in [0.15, 0.2) is 30.3 Å². The molecule has 8 heteroatoms. The number of rotatable bonds is 5. The lowest BCUT2D eigenvalue weighted by molar-refractivity contribution is -0.141. The second kappa shape index (κ2) is 6.77. The molecule has 4 N–H and O–H groups in total. The number of benzene rings is 1. The van der Waals surface area contributed by atoms with Gasteiger partial charge in [0, 0.05) is 18.7 Å². The lowest BCUT2D eigenvalue weighted by atomic mass is 10.1. The third-order valence-corrected chi connectivity index (χ3v) is 3.37. The topological polar surface area (TPSA) is 88.0 Å². The molecule has 0 saturated carbocycles. The first kappa shape index (κ1) is 17.6. The van der Waals surface area contributed by atoms with Gasteiger partial charge < -0.3 is 16.0 Å². The van der Waals surface area contributed by atoms with E-state index in [0.29, 0.717) is 5.56 Å². The molecule has 0 aliphatic heterocycles. The van der Waals surface area contributed by atoms with Crippen molar-refractivity contribution in [3.63, 3.8) is 0 Å².